The molecule has 0 fully saturated rings. The number of fused-ring (bicyclic) bond motifs is 1. The number of nitrogens with one attached hydrogen (secondary N) is 1. The van der Waals surface area contributed by atoms with E-state index in [4.69, 9.17) is 22.3 Å². The summed E-state index contributed by atoms with van der Waals surface area (Å²) in [7, 11) is 0. The molecule has 31 heavy (non-hydrogen) atoms. The standard InChI is InChI=1S/C23H16ClN5OS/c24-14-10-12-16(13-11-14)29-21(25)19(23-27-17-8-4-5-9-18(17)31-23)20(28-29)22(30)26-15-6-2-1-3-7-15/h1-13H,25H2,(H,26,30). The third kappa shape index (κ3) is 3.65. The van der Waals surface area contributed by atoms with Crippen molar-refractivity contribution < 1.29 is 4.79 Å². The highest BCUT2D eigenvalue weighted by Crippen LogP contribution is 2.37. The fourth-order valence-electron chi connectivity index (χ4n) is 3.27. The monoisotopic (exact) mass is 445 g/mol. The topological polar surface area (TPSA) is 85.8 Å². The molecule has 0 spiro atoms. The number of carbonyl (C=O) groups excluding carboxylic acids is 1. The Morgan fingerprint density at radius 1 is 0.968 bits per heavy atom. The van der Waals surface area contributed by atoms with Crippen molar-refractivity contribution in [3.8, 4) is 16.3 Å². The summed E-state index contributed by atoms with van der Waals surface area (Å²) in [4.78, 5) is 17.9. The largest absolute Gasteiger partial charge is 0.383 e. The molecule has 0 unspecified atom stereocenters. The SMILES string of the molecule is Nc1c(-c2nc3ccccc3s2)c(C(=O)Nc2ccccc2)nn1-c1ccc(Cl)cc1. The van der Waals surface area contributed by atoms with Crippen molar-refractivity contribution in [1.82, 2.24) is 14.8 Å². The smallest absolute Gasteiger partial charge is 0.277 e. The number of hydrogen-bond acceptors (Lipinski definition) is 5. The molecule has 5 rings (SSSR count). The van der Waals surface area contributed by atoms with E-state index in [1.807, 2.05) is 54.6 Å². The number of carbonyl (C=O) groups is 1. The van der Waals surface area contributed by atoms with Gasteiger partial charge in [-0.15, -0.1) is 11.3 Å². The van der Waals surface area contributed by atoms with Crippen molar-refractivity contribution in [3.05, 3.63) is 89.6 Å². The summed E-state index contributed by atoms with van der Waals surface area (Å²) < 4.78 is 2.54. The number of nitrogens with zero attached hydrogens (tertiary/aromatic N) is 3. The van der Waals surface area contributed by atoms with E-state index in [0.29, 0.717) is 32.8 Å². The maximum atomic E-state index is 13.2. The zero-order chi connectivity index (χ0) is 21.4. The molecule has 6 nitrogen and oxygen atoms in total. The van der Waals surface area contributed by atoms with Gasteiger partial charge in [0.1, 0.15) is 10.8 Å². The minimum Gasteiger partial charge on any atom is -0.383 e. The van der Waals surface area contributed by atoms with Gasteiger partial charge in [-0.3, -0.25) is 4.79 Å². The summed E-state index contributed by atoms with van der Waals surface area (Å²) >= 11 is 7.49. The van der Waals surface area contributed by atoms with Gasteiger partial charge in [0, 0.05) is 10.7 Å². The van der Waals surface area contributed by atoms with Crippen molar-refractivity contribution in [2.75, 3.05) is 11.1 Å². The van der Waals surface area contributed by atoms with Crippen LogP contribution in [0.2, 0.25) is 5.02 Å². The molecule has 8 heteroatoms. The Morgan fingerprint density at radius 3 is 2.42 bits per heavy atom. The Hall–Kier alpha value is -3.68. The Balaban J connectivity index is 1.66. The van der Waals surface area contributed by atoms with E-state index in [0.717, 1.165) is 10.2 Å². The second kappa shape index (κ2) is 7.86. The van der Waals surface area contributed by atoms with Crippen LogP contribution in [0, 0.1) is 0 Å². The lowest BCUT2D eigenvalue weighted by Gasteiger charge is -2.04. The second-order valence-corrected chi connectivity index (χ2v) is 8.27. The maximum absolute atomic E-state index is 13.2. The van der Waals surface area contributed by atoms with Crippen molar-refractivity contribution in [2.45, 2.75) is 0 Å². The van der Waals surface area contributed by atoms with Gasteiger partial charge in [-0.2, -0.15) is 5.10 Å². The number of amides is 1. The van der Waals surface area contributed by atoms with Crippen LogP contribution in [0.5, 0.6) is 0 Å². The molecule has 3 N–H and O–H groups in total. The molecular weight excluding hydrogens is 430 g/mol. The minimum atomic E-state index is -0.361. The molecule has 2 aromatic heterocycles. The lowest BCUT2D eigenvalue weighted by atomic mass is 10.2. The number of benzene rings is 3. The van der Waals surface area contributed by atoms with Crippen LogP contribution in [-0.4, -0.2) is 20.7 Å². The summed E-state index contributed by atoms with van der Waals surface area (Å²) in [5, 5.41) is 8.68. The number of aromatic nitrogens is 3. The Bertz CT molecular complexity index is 1360. The number of rotatable bonds is 4. The van der Waals surface area contributed by atoms with Gasteiger partial charge >= 0.3 is 0 Å². The first kappa shape index (κ1) is 19.3. The summed E-state index contributed by atoms with van der Waals surface area (Å²) in [6, 6.07) is 24.1. The number of halogens is 1. The van der Waals surface area contributed by atoms with E-state index in [-0.39, 0.29) is 11.6 Å². The van der Waals surface area contributed by atoms with Gasteiger partial charge in [0.2, 0.25) is 0 Å². The molecule has 5 aromatic rings. The normalized spacial score (nSPS) is 11.0. The summed E-state index contributed by atoms with van der Waals surface area (Å²) in [5.74, 6) is -0.0283. The van der Waals surface area contributed by atoms with Gasteiger partial charge in [0.25, 0.3) is 5.91 Å². The van der Waals surface area contributed by atoms with Crippen LogP contribution in [-0.2, 0) is 0 Å². The highest BCUT2D eigenvalue weighted by molar-refractivity contribution is 7.21. The van der Waals surface area contributed by atoms with Crippen molar-refractivity contribution in [2.24, 2.45) is 0 Å². The van der Waals surface area contributed by atoms with E-state index >= 15 is 0 Å². The Morgan fingerprint density at radius 2 is 1.68 bits per heavy atom. The van der Waals surface area contributed by atoms with Gasteiger partial charge in [-0.05, 0) is 48.5 Å². The molecular formula is C23H16ClN5OS. The molecule has 0 atom stereocenters. The fourth-order valence-corrected chi connectivity index (χ4v) is 4.42. The molecule has 3 aromatic carbocycles. The van der Waals surface area contributed by atoms with Crippen LogP contribution < -0.4 is 11.1 Å². The third-order valence-corrected chi connectivity index (χ3v) is 6.05. The predicted molar refractivity (Wildman–Crippen MR) is 126 cm³/mol. The quantitative estimate of drug-likeness (QED) is 0.375. The Labute approximate surface area is 186 Å². The lowest BCUT2D eigenvalue weighted by molar-refractivity contribution is 0.102. The van der Waals surface area contributed by atoms with E-state index < -0.39 is 0 Å². The molecule has 0 bridgehead atoms. The molecule has 2 heterocycles. The first-order chi connectivity index (χ1) is 15.1. The van der Waals surface area contributed by atoms with Gasteiger partial charge in [-0.25, -0.2) is 9.67 Å². The van der Waals surface area contributed by atoms with Gasteiger partial charge < -0.3 is 11.1 Å². The van der Waals surface area contributed by atoms with Gasteiger partial charge in [0.15, 0.2) is 5.69 Å². The summed E-state index contributed by atoms with van der Waals surface area (Å²) in [6.07, 6.45) is 0. The molecule has 0 saturated heterocycles. The van der Waals surface area contributed by atoms with E-state index in [2.05, 4.69) is 10.4 Å². The van der Waals surface area contributed by atoms with Crippen LogP contribution in [0.25, 0.3) is 26.5 Å². The predicted octanol–water partition coefficient (Wildman–Crippen LogP) is 5.64. The number of para-hydroxylation sites is 2. The fraction of sp³-hybridized carbons (Fsp3) is 0. The lowest BCUT2D eigenvalue weighted by Crippen LogP contribution is -2.14. The van der Waals surface area contributed by atoms with Crippen LogP contribution in [0.3, 0.4) is 0 Å². The summed E-state index contributed by atoms with van der Waals surface area (Å²) in [6.45, 7) is 0. The van der Waals surface area contributed by atoms with Crippen molar-refractivity contribution in [3.63, 3.8) is 0 Å². The van der Waals surface area contributed by atoms with Crippen LogP contribution in [0.4, 0.5) is 11.5 Å². The maximum Gasteiger partial charge on any atom is 0.277 e. The number of nitrogen functional groups attached to an aromatic ring is 1. The second-order valence-electron chi connectivity index (χ2n) is 6.80. The molecule has 1 amide bonds. The molecule has 0 aliphatic rings. The first-order valence-electron chi connectivity index (χ1n) is 9.47. The van der Waals surface area contributed by atoms with Crippen molar-refractivity contribution >= 4 is 50.6 Å². The zero-order valence-corrected chi connectivity index (χ0v) is 17.7. The molecule has 0 saturated carbocycles. The molecule has 0 aliphatic carbocycles. The number of thiazole rings is 1. The zero-order valence-electron chi connectivity index (χ0n) is 16.1. The molecule has 0 radical (unpaired) electrons. The number of anilines is 2. The van der Waals surface area contributed by atoms with Gasteiger partial charge in [-0.1, -0.05) is 41.9 Å². The van der Waals surface area contributed by atoms with Crippen molar-refractivity contribution in [1.29, 1.82) is 0 Å². The van der Waals surface area contributed by atoms with E-state index in [1.165, 1.54) is 16.0 Å². The van der Waals surface area contributed by atoms with Crippen LogP contribution >= 0.6 is 22.9 Å². The molecule has 0 aliphatic heterocycles. The highest BCUT2D eigenvalue weighted by Gasteiger charge is 2.26. The number of nitrogens with two attached hydrogens (primary N) is 1. The number of hydrogen-bond donors (Lipinski definition) is 2. The van der Waals surface area contributed by atoms with Gasteiger partial charge in [0.05, 0.1) is 21.5 Å². The highest BCUT2D eigenvalue weighted by atomic mass is 35.5. The summed E-state index contributed by atoms with van der Waals surface area (Å²) in [5.41, 5.74) is 9.43. The first-order valence-corrected chi connectivity index (χ1v) is 10.7. The average molecular weight is 446 g/mol. The van der Waals surface area contributed by atoms with E-state index in [1.54, 1.807) is 24.3 Å². The average Bonchev–Trinajstić information content (AvgIpc) is 3.36. The third-order valence-electron chi connectivity index (χ3n) is 4.75. The van der Waals surface area contributed by atoms with Crippen LogP contribution in [0.1, 0.15) is 10.5 Å². The minimum absolute atomic E-state index is 0.204. The Kier molecular flexibility index (Phi) is 4.89. The van der Waals surface area contributed by atoms with E-state index in [9.17, 15) is 4.79 Å². The molecule has 152 valence electrons. The van der Waals surface area contributed by atoms with Crippen LogP contribution in [0.15, 0.2) is 78.9 Å².